The Balaban J connectivity index is 1.63. The van der Waals surface area contributed by atoms with E-state index in [2.05, 4.69) is 29.6 Å². The van der Waals surface area contributed by atoms with Gasteiger partial charge in [0.25, 0.3) is 0 Å². The van der Waals surface area contributed by atoms with E-state index in [1.54, 1.807) is 0 Å². The van der Waals surface area contributed by atoms with Gasteiger partial charge in [-0.1, -0.05) is 20.3 Å². The van der Waals surface area contributed by atoms with Crippen LogP contribution in [-0.2, 0) is 6.54 Å². The molecule has 5 heteroatoms. The zero-order valence-corrected chi connectivity index (χ0v) is 12.8. The molecule has 1 saturated carbocycles. The summed E-state index contributed by atoms with van der Waals surface area (Å²) in [6.45, 7) is 8.00. The van der Waals surface area contributed by atoms with Crippen LogP contribution in [0.1, 0.15) is 45.1 Å². The van der Waals surface area contributed by atoms with Crippen LogP contribution < -0.4 is 10.6 Å². The van der Waals surface area contributed by atoms with Crippen molar-refractivity contribution in [2.24, 2.45) is 5.41 Å². The third-order valence-corrected chi connectivity index (χ3v) is 4.17. The van der Waals surface area contributed by atoms with Gasteiger partial charge in [-0.25, -0.2) is 4.79 Å². The average molecular weight is 278 g/mol. The van der Waals surface area contributed by atoms with Crippen molar-refractivity contribution < 1.29 is 4.79 Å². The zero-order valence-electron chi connectivity index (χ0n) is 12.8. The van der Waals surface area contributed by atoms with E-state index in [4.69, 9.17) is 0 Å². The van der Waals surface area contributed by atoms with E-state index >= 15 is 0 Å². The number of hydrogen-bond donors (Lipinski definition) is 2. The Morgan fingerprint density at radius 2 is 2.35 bits per heavy atom. The second-order valence-corrected chi connectivity index (χ2v) is 6.47. The van der Waals surface area contributed by atoms with E-state index < -0.39 is 0 Å². The maximum atomic E-state index is 11.9. The summed E-state index contributed by atoms with van der Waals surface area (Å²) in [5.74, 6) is 0. The summed E-state index contributed by atoms with van der Waals surface area (Å²) in [4.78, 5) is 11.9. The van der Waals surface area contributed by atoms with Crippen LogP contribution in [-0.4, -0.2) is 28.4 Å². The Morgan fingerprint density at radius 3 is 2.95 bits per heavy atom. The third kappa shape index (κ3) is 3.99. The molecule has 2 amide bonds. The number of nitrogens with zero attached hydrogens (tertiary/aromatic N) is 2. The van der Waals surface area contributed by atoms with Crippen LogP contribution in [0.4, 0.5) is 4.79 Å². The smallest absolute Gasteiger partial charge is 0.315 e. The number of hydrogen-bond acceptors (Lipinski definition) is 2. The van der Waals surface area contributed by atoms with Crippen molar-refractivity contribution in [3.05, 3.63) is 18.0 Å². The lowest BCUT2D eigenvalue weighted by molar-refractivity contribution is 0.222. The molecule has 0 radical (unpaired) electrons. The summed E-state index contributed by atoms with van der Waals surface area (Å²) in [7, 11) is 0. The fourth-order valence-electron chi connectivity index (χ4n) is 2.84. The van der Waals surface area contributed by atoms with Crippen LogP contribution in [0.3, 0.4) is 0 Å². The average Bonchev–Trinajstić information content (AvgIpc) is 2.92. The Morgan fingerprint density at radius 1 is 1.55 bits per heavy atom. The number of amides is 2. The largest absolute Gasteiger partial charge is 0.338 e. The van der Waals surface area contributed by atoms with Crippen molar-refractivity contribution in [2.45, 2.75) is 59.0 Å². The van der Waals surface area contributed by atoms with Gasteiger partial charge >= 0.3 is 6.03 Å². The summed E-state index contributed by atoms with van der Waals surface area (Å²) in [5, 5.41) is 10.3. The lowest BCUT2D eigenvalue weighted by Gasteiger charge is -2.27. The molecular weight excluding hydrogens is 252 g/mol. The first-order valence-corrected chi connectivity index (χ1v) is 7.51. The molecule has 0 aliphatic heterocycles. The van der Waals surface area contributed by atoms with Crippen molar-refractivity contribution in [3.63, 3.8) is 0 Å². The SMILES string of the molecule is Cc1cnn(CCCNC(=O)N[C@H]2CCCC2(C)C)c1. The molecule has 1 atom stereocenters. The maximum Gasteiger partial charge on any atom is 0.315 e. The van der Waals surface area contributed by atoms with Crippen LogP contribution in [0.15, 0.2) is 12.4 Å². The lowest BCUT2D eigenvalue weighted by Crippen LogP contribution is -2.46. The fourth-order valence-corrected chi connectivity index (χ4v) is 2.84. The highest BCUT2D eigenvalue weighted by molar-refractivity contribution is 5.74. The van der Waals surface area contributed by atoms with Crippen LogP contribution in [0.25, 0.3) is 0 Å². The molecular formula is C15H26N4O. The van der Waals surface area contributed by atoms with E-state index in [-0.39, 0.29) is 11.4 Å². The number of nitrogens with one attached hydrogen (secondary N) is 2. The van der Waals surface area contributed by atoms with Crippen LogP contribution in [0.5, 0.6) is 0 Å². The van der Waals surface area contributed by atoms with Crippen molar-refractivity contribution in [1.29, 1.82) is 0 Å². The first-order valence-electron chi connectivity index (χ1n) is 7.51. The van der Waals surface area contributed by atoms with Crippen molar-refractivity contribution >= 4 is 6.03 Å². The standard InChI is InChI=1S/C15H26N4O/c1-12-10-17-19(11-12)9-5-8-16-14(20)18-13-6-4-7-15(13,2)3/h10-11,13H,4-9H2,1-3H3,(H2,16,18,20)/t13-/m0/s1. The van der Waals surface area contributed by atoms with Gasteiger partial charge in [0, 0.05) is 25.3 Å². The number of aromatic nitrogens is 2. The van der Waals surface area contributed by atoms with Crippen LogP contribution >= 0.6 is 0 Å². The van der Waals surface area contributed by atoms with Crippen LogP contribution in [0.2, 0.25) is 0 Å². The summed E-state index contributed by atoms with van der Waals surface area (Å²) in [6.07, 6.45) is 8.24. The van der Waals surface area contributed by atoms with Gasteiger partial charge in [0.2, 0.25) is 0 Å². The molecule has 0 bridgehead atoms. The number of carbonyl (C=O) groups excluding carboxylic acids is 1. The molecule has 1 heterocycles. The predicted octanol–water partition coefficient (Wildman–Crippen LogP) is 2.46. The van der Waals surface area contributed by atoms with E-state index in [9.17, 15) is 4.79 Å². The topological polar surface area (TPSA) is 59.0 Å². The third-order valence-electron chi connectivity index (χ3n) is 4.17. The van der Waals surface area contributed by atoms with E-state index in [1.165, 1.54) is 18.4 Å². The van der Waals surface area contributed by atoms with Crippen molar-refractivity contribution in [1.82, 2.24) is 20.4 Å². The molecule has 1 aliphatic rings. The normalized spacial score (nSPS) is 20.9. The van der Waals surface area contributed by atoms with Gasteiger partial charge in [-0.3, -0.25) is 4.68 Å². The minimum absolute atomic E-state index is 0.0402. The highest BCUT2D eigenvalue weighted by atomic mass is 16.2. The van der Waals surface area contributed by atoms with Crippen LogP contribution in [0, 0.1) is 12.3 Å². The zero-order chi connectivity index (χ0) is 14.6. The first-order chi connectivity index (χ1) is 9.47. The summed E-state index contributed by atoms with van der Waals surface area (Å²) >= 11 is 0. The molecule has 0 unspecified atom stereocenters. The second kappa shape index (κ2) is 6.29. The van der Waals surface area contributed by atoms with E-state index in [1.807, 2.05) is 24.0 Å². The Labute approximate surface area is 121 Å². The van der Waals surface area contributed by atoms with Gasteiger partial charge < -0.3 is 10.6 Å². The predicted molar refractivity (Wildman–Crippen MR) is 79.5 cm³/mol. The molecule has 0 saturated heterocycles. The Bertz CT molecular complexity index is 452. The van der Waals surface area contributed by atoms with E-state index in [0.29, 0.717) is 12.6 Å². The lowest BCUT2D eigenvalue weighted by atomic mass is 9.87. The van der Waals surface area contributed by atoms with Gasteiger partial charge in [0.1, 0.15) is 0 Å². The number of urea groups is 1. The van der Waals surface area contributed by atoms with E-state index in [0.717, 1.165) is 19.4 Å². The van der Waals surface area contributed by atoms with Crippen molar-refractivity contribution in [3.8, 4) is 0 Å². The molecule has 5 nitrogen and oxygen atoms in total. The van der Waals surface area contributed by atoms with Crippen molar-refractivity contribution in [2.75, 3.05) is 6.54 Å². The van der Waals surface area contributed by atoms with Gasteiger partial charge in [0.15, 0.2) is 0 Å². The summed E-state index contributed by atoms with van der Waals surface area (Å²) in [6, 6.07) is 0.262. The minimum Gasteiger partial charge on any atom is -0.338 e. The highest BCUT2D eigenvalue weighted by Gasteiger charge is 2.35. The van der Waals surface area contributed by atoms with Gasteiger partial charge in [-0.15, -0.1) is 0 Å². The molecule has 112 valence electrons. The Hall–Kier alpha value is -1.52. The number of rotatable bonds is 5. The second-order valence-electron chi connectivity index (χ2n) is 6.47. The molecule has 1 aliphatic carbocycles. The molecule has 1 aromatic rings. The number of carbonyl (C=O) groups is 1. The van der Waals surface area contributed by atoms with Gasteiger partial charge in [-0.2, -0.15) is 5.10 Å². The molecule has 1 aromatic heterocycles. The monoisotopic (exact) mass is 278 g/mol. The molecule has 2 rings (SSSR count). The fraction of sp³-hybridized carbons (Fsp3) is 0.733. The quantitative estimate of drug-likeness (QED) is 0.813. The van der Waals surface area contributed by atoms with Gasteiger partial charge in [0.05, 0.1) is 6.20 Å². The summed E-state index contributed by atoms with van der Waals surface area (Å²) in [5.41, 5.74) is 1.39. The molecule has 0 spiro atoms. The molecule has 0 aromatic carbocycles. The minimum atomic E-state index is -0.0402. The number of aryl methyl sites for hydroxylation is 2. The molecule has 1 fully saturated rings. The molecule has 2 N–H and O–H groups in total. The first kappa shape index (κ1) is 14.9. The summed E-state index contributed by atoms with van der Waals surface area (Å²) < 4.78 is 1.91. The maximum absolute atomic E-state index is 11.9. The Kier molecular flexibility index (Phi) is 4.68. The highest BCUT2D eigenvalue weighted by Crippen LogP contribution is 2.36. The molecule has 20 heavy (non-hydrogen) atoms. The van der Waals surface area contributed by atoms with Gasteiger partial charge in [-0.05, 0) is 37.2 Å².